The van der Waals surface area contributed by atoms with Crippen LogP contribution in [0.5, 0.6) is 0 Å². The van der Waals surface area contributed by atoms with Crippen LogP contribution in [0.4, 0.5) is 10.5 Å². The van der Waals surface area contributed by atoms with Crippen molar-refractivity contribution in [2.75, 3.05) is 6.61 Å². The number of carbonyl (C=O) groups excluding carboxylic acids is 1. The number of amides is 2. The second-order valence-electron chi connectivity index (χ2n) is 9.14. The molecule has 0 radical (unpaired) electrons. The summed E-state index contributed by atoms with van der Waals surface area (Å²) in [5.74, 6) is -0.947. The lowest BCUT2D eigenvalue weighted by atomic mass is 10.1. The Kier molecular flexibility index (Phi) is 8.57. The largest absolute Gasteiger partial charge is 0.475 e. The van der Waals surface area contributed by atoms with Gasteiger partial charge in [0, 0.05) is 17.2 Å². The van der Waals surface area contributed by atoms with Crippen molar-refractivity contribution in [1.29, 1.82) is 0 Å². The fourth-order valence-electron chi connectivity index (χ4n) is 3.92. The minimum absolute atomic E-state index is 0.0888. The zero-order valence-electron chi connectivity index (χ0n) is 21.1. The van der Waals surface area contributed by atoms with Crippen LogP contribution in [0.2, 0.25) is 0 Å². The molecule has 204 valence electrons. The SMILES string of the molecule is Cc1ccc(C(=O)N(C(=O)O)C2(COP(=O)(OCc3ccccc3)OCc3ccccc3)CC2)cc1[N+](=O)[O-]. The highest BCUT2D eigenvalue weighted by atomic mass is 31.2. The fraction of sp³-hybridized carbons (Fsp3) is 0.259. The Hall–Kier alpha value is -3.89. The molecule has 1 fully saturated rings. The van der Waals surface area contributed by atoms with Crippen LogP contribution in [0.15, 0.2) is 78.9 Å². The van der Waals surface area contributed by atoms with Gasteiger partial charge in [0.1, 0.15) is 0 Å². The summed E-state index contributed by atoms with van der Waals surface area (Å²) < 4.78 is 30.4. The van der Waals surface area contributed by atoms with Crippen molar-refractivity contribution in [1.82, 2.24) is 4.90 Å². The molecule has 0 saturated heterocycles. The summed E-state index contributed by atoms with van der Waals surface area (Å²) in [6.45, 7) is 0.892. The van der Waals surface area contributed by atoms with Gasteiger partial charge in [-0.05, 0) is 37.0 Å². The Bertz CT molecular complexity index is 1350. The number of carboxylic acid groups (broad SMARTS) is 1. The van der Waals surface area contributed by atoms with E-state index in [1.807, 2.05) is 12.1 Å². The second kappa shape index (κ2) is 11.9. The van der Waals surface area contributed by atoms with Crippen molar-refractivity contribution in [3.63, 3.8) is 0 Å². The van der Waals surface area contributed by atoms with Crippen molar-refractivity contribution in [3.8, 4) is 0 Å². The average molecular weight is 554 g/mol. The number of phosphoric ester groups is 1. The van der Waals surface area contributed by atoms with Gasteiger partial charge in [-0.25, -0.2) is 14.3 Å². The summed E-state index contributed by atoms with van der Waals surface area (Å²) in [6, 6.07) is 21.7. The van der Waals surface area contributed by atoms with Crippen LogP contribution < -0.4 is 0 Å². The van der Waals surface area contributed by atoms with Crippen molar-refractivity contribution in [2.45, 2.75) is 38.5 Å². The maximum Gasteiger partial charge on any atom is 0.475 e. The Morgan fingerprint density at radius 2 is 1.49 bits per heavy atom. The molecule has 0 unspecified atom stereocenters. The van der Waals surface area contributed by atoms with Gasteiger partial charge >= 0.3 is 13.9 Å². The van der Waals surface area contributed by atoms with E-state index in [9.17, 15) is 29.4 Å². The molecule has 1 aliphatic carbocycles. The van der Waals surface area contributed by atoms with E-state index in [-0.39, 0.29) is 37.3 Å². The van der Waals surface area contributed by atoms with Crippen molar-refractivity contribution in [2.24, 2.45) is 0 Å². The van der Waals surface area contributed by atoms with E-state index < -0.39 is 36.9 Å². The summed E-state index contributed by atoms with van der Waals surface area (Å²) in [6.07, 6.45) is -1.07. The van der Waals surface area contributed by atoms with Crippen LogP contribution in [0.3, 0.4) is 0 Å². The fourth-order valence-corrected chi connectivity index (χ4v) is 5.15. The molecule has 2 amide bonds. The first kappa shape index (κ1) is 28.1. The number of benzene rings is 3. The molecular weight excluding hydrogens is 527 g/mol. The van der Waals surface area contributed by atoms with E-state index in [2.05, 4.69) is 0 Å². The van der Waals surface area contributed by atoms with Gasteiger partial charge in [-0.15, -0.1) is 0 Å². The standard InChI is InChI=1S/C27H27N2O9P/c1-20-12-13-23(16-24(20)29(33)34)25(30)28(26(31)32)27(14-15-27)19-38-39(35,36-17-21-8-4-2-5-9-21)37-18-22-10-6-3-7-11-22/h2-13,16H,14-15,17-19H2,1H3,(H,31,32). The van der Waals surface area contributed by atoms with E-state index in [1.54, 1.807) is 48.5 Å². The molecule has 0 atom stereocenters. The van der Waals surface area contributed by atoms with Crippen LogP contribution in [0.25, 0.3) is 0 Å². The number of phosphoric acid groups is 1. The zero-order valence-corrected chi connectivity index (χ0v) is 22.0. The first-order valence-electron chi connectivity index (χ1n) is 12.1. The lowest BCUT2D eigenvalue weighted by molar-refractivity contribution is -0.385. The molecule has 4 rings (SSSR count). The zero-order chi connectivity index (χ0) is 28.0. The molecule has 3 aromatic carbocycles. The molecule has 3 aromatic rings. The molecule has 0 aromatic heterocycles. The highest BCUT2D eigenvalue weighted by Crippen LogP contribution is 2.54. The molecule has 0 heterocycles. The summed E-state index contributed by atoms with van der Waals surface area (Å²) in [5.41, 5.74) is -0.0342. The molecule has 1 saturated carbocycles. The van der Waals surface area contributed by atoms with Gasteiger partial charge in [0.15, 0.2) is 0 Å². The lowest BCUT2D eigenvalue weighted by Gasteiger charge is -2.29. The van der Waals surface area contributed by atoms with Gasteiger partial charge in [-0.3, -0.25) is 28.5 Å². The topological polar surface area (TPSA) is 146 Å². The van der Waals surface area contributed by atoms with E-state index in [4.69, 9.17) is 13.6 Å². The van der Waals surface area contributed by atoms with Gasteiger partial charge < -0.3 is 5.11 Å². The maximum absolute atomic E-state index is 13.6. The van der Waals surface area contributed by atoms with Crippen molar-refractivity contribution in [3.05, 3.63) is 111 Å². The number of rotatable bonds is 12. The summed E-state index contributed by atoms with van der Waals surface area (Å²) >= 11 is 0. The summed E-state index contributed by atoms with van der Waals surface area (Å²) in [4.78, 5) is 36.7. The van der Waals surface area contributed by atoms with E-state index >= 15 is 0 Å². The first-order valence-corrected chi connectivity index (χ1v) is 13.5. The van der Waals surface area contributed by atoms with Crippen LogP contribution in [-0.4, -0.2) is 39.1 Å². The van der Waals surface area contributed by atoms with Crippen molar-refractivity contribution < 1.29 is 37.8 Å². The maximum atomic E-state index is 13.6. The molecule has 11 nitrogen and oxygen atoms in total. The number of carbonyl (C=O) groups is 2. The average Bonchev–Trinajstić information content (AvgIpc) is 3.71. The Morgan fingerprint density at radius 1 is 0.949 bits per heavy atom. The Labute approximate surface area is 224 Å². The monoisotopic (exact) mass is 554 g/mol. The molecule has 1 N–H and O–H groups in total. The number of nitrogens with zero attached hydrogens (tertiary/aromatic N) is 2. The van der Waals surface area contributed by atoms with Crippen LogP contribution in [0.1, 0.15) is 39.9 Å². The smallest absolute Gasteiger partial charge is 0.465 e. The highest BCUT2D eigenvalue weighted by molar-refractivity contribution is 7.48. The molecule has 39 heavy (non-hydrogen) atoms. The van der Waals surface area contributed by atoms with Gasteiger partial charge in [0.2, 0.25) is 0 Å². The number of hydrogen-bond acceptors (Lipinski definition) is 8. The van der Waals surface area contributed by atoms with Gasteiger partial charge in [0.05, 0.1) is 30.3 Å². The molecule has 0 bridgehead atoms. The molecule has 1 aliphatic rings. The van der Waals surface area contributed by atoms with Gasteiger partial charge in [0.25, 0.3) is 11.6 Å². The number of aryl methyl sites for hydroxylation is 1. The molecule has 0 spiro atoms. The molecular formula is C27H27N2O9P. The Balaban J connectivity index is 1.53. The Morgan fingerprint density at radius 3 is 1.95 bits per heavy atom. The van der Waals surface area contributed by atoms with E-state index in [0.29, 0.717) is 21.6 Å². The number of nitro groups is 1. The van der Waals surface area contributed by atoms with Crippen molar-refractivity contribution >= 4 is 25.5 Å². The second-order valence-corrected chi connectivity index (χ2v) is 10.8. The third-order valence-electron chi connectivity index (χ3n) is 6.30. The lowest BCUT2D eigenvalue weighted by Crippen LogP contribution is -2.48. The predicted molar refractivity (Wildman–Crippen MR) is 140 cm³/mol. The number of imide groups is 1. The number of hydrogen-bond donors (Lipinski definition) is 1. The summed E-state index contributed by atoms with van der Waals surface area (Å²) in [5, 5.41) is 21.3. The van der Waals surface area contributed by atoms with E-state index in [1.165, 1.54) is 19.1 Å². The minimum atomic E-state index is -4.23. The summed E-state index contributed by atoms with van der Waals surface area (Å²) in [7, 11) is -4.23. The van der Waals surface area contributed by atoms with Gasteiger partial charge in [-0.2, -0.15) is 0 Å². The quantitative estimate of drug-likeness (QED) is 0.159. The minimum Gasteiger partial charge on any atom is -0.465 e. The van der Waals surface area contributed by atoms with Gasteiger partial charge in [-0.1, -0.05) is 66.7 Å². The van der Waals surface area contributed by atoms with Crippen LogP contribution in [-0.2, 0) is 31.4 Å². The highest BCUT2D eigenvalue weighted by Gasteiger charge is 2.55. The third kappa shape index (κ3) is 6.96. The molecule has 0 aliphatic heterocycles. The molecule has 12 heteroatoms. The van der Waals surface area contributed by atoms with Crippen LogP contribution in [0, 0.1) is 17.0 Å². The number of nitro benzene ring substituents is 1. The third-order valence-corrected chi connectivity index (χ3v) is 7.64. The predicted octanol–water partition coefficient (Wildman–Crippen LogP) is 6.11. The van der Waals surface area contributed by atoms with E-state index in [0.717, 1.165) is 6.07 Å². The van der Waals surface area contributed by atoms with Crippen LogP contribution >= 0.6 is 7.82 Å². The first-order chi connectivity index (χ1) is 18.6. The normalized spacial score (nSPS) is 14.0.